The summed E-state index contributed by atoms with van der Waals surface area (Å²) in [7, 11) is 0. The first kappa shape index (κ1) is 19.5. The molecule has 0 unspecified atom stereocenters. The molecule has 2 aromatic carbocycles. The Bertz CT molecular complexity index is 654. The molecule has 0 aliphatic rings. The Morgan fingerprint density at radius 3 is 2.24 bits per heavy atom. The van der Waals surface area contributed by atoms with Gasteiger partial charge in [0.15, 0.2) is 0 Å². The zero-order valence-corrected chi connectivity index (χ0v) is 16.3. The standard InChI is InChI=1S/C23H32O2/c1-17(2)20(13-14-24)19-11-12-21(23(3,4)5)22(15-19)25-16-18-9-7-6-8-10-18/h6-12,15,17,20,24H,13-14,16H2,1-5H3/t20-/m1/s1. The highest BCUT2D eigenvalue weighted by Gasteiger charge is 2.22. The maximum atomic E-state index is 9.42. The highest BCUT2D eigenvalue weighted by atomic mass is 16.5. The van der Waals surface area contributed by atoms with Gasteiger partial charge in [-0.15, -0.1) is 0 Å². The normalized spacial score (nSPS) is 13.1. The molecule has 2 aromatic rings. The van der Waals surface area contributed by atoms with Crippen molar-refractivity contribution in [2.45, 2.75) is 59.0 Å². The van der Waals surface area contributed by atoms with Crippen LogP contribution in [-0.4, -0.2) is 11.7 Å². The van der Waals surface area contributed by atoms with Crippen LogP contribution in [-0.2, 0) is 12.0 Å². The van der Waals surface area contributed by atoms with E-state index in [9.17, 15) is 5.11 Å². The minimum absolute atomic E-state index is 0.0227. The molecule has 0 fully saturated rings. The topological polar surface area (TPSA) is 29.5 Å². The largest absolute Gasteiger partial charge is 0.489 e. The molecule has 25 heavy (non-hydrogen) atoms. The van der Waals surface area contributed by atoms with Crippen molar-refractivity contribution in [3.8, 4) is 5.75 Å². The van der Waals surface area contributed by atoms with Gasteiger partial charge in [-0.05, 0) is 46.4 Å². The van der Waals surface area contributed by atoms with E-state index in [4.69, 9.17) is 4.74 Å². The van der Waals surface area contributed by atoms with Crippen molar-refractivity contribution in [1.82, 2.24) is 0 Å². The molecule has 0 aliphatic heterocycles. The molecule has 1 atom stereocenters. The lowest BCUT2D eigenvalue weighted by Gasteiger charge is -2.26. The molecule has 0 bridgehead atoms. The van der Waals surface area contributed by atoms with Gasteiger partial charge >= 0.3 is 0 Å². The lowest BCUT2D eigenvalue weighted by atomic mass is 9.81. The summed E-state index contributed by atoms with van der Waals surface area (Å²) in [5.74, 6) is 1.78. The van der Waals surface area contributed by atoms with E-state index in [0.717, 1.165) is 12.2 Å². The summed E-state index contributed by atoms with van der Waals surface area (Å²) in [6.07, 6.45) is 0.782. The Balaban J connectivity index is 2.33. The highest BCUT2D eigenvalue weighted by molar-refractivity contribution is 5.43. The van der Waals surface area contributed by atoms with Crippen LogP contribution in [0.5, 0.6) is 5.75 Å². The molecular formula is C23H32O2. The molecule has 0 amide bonds. The van der Waals surface area contributed by atoms with Gasteiger partial charge in [0.05, 0.1) is 0 Å². The molecule has 1 N–H and O–H groups in total. The van der Waals surface area contributed by atoms with Gasteiger partial charge in [0, 0.05) is 6.61 Å². The summed E-state index contributed by atoms with van der Waals surface area (Å²) in [6, 6.07) is 16.9. The van der Waals surface area contributed by atoms with Gasteiger partial charge in [0.2, 0.25) is 0 Å². The molecule has 0 aliphatic carbocycles. The molecule has 0 aromatic heterocycles. The van der Waals surface area contributed by atoms with Crippen molar-refractivity contribution >= 4 is 0 Å². The van der Waals surface area contributed by atoms with Crippen LogP contribution >= 0.6 is 0 Å². The third kappa shape index (κ3) is 5.34. The quantitative estimate of drug-likeness (QED) is 0.702. The van der Waals surface area contributed by atoms with Crippen LogP contribution in [0, 0.1) is 5.92 Å². The number of aliphatic hydroxyl groups excluding tert-OH is 1. The van der Waals surface area contributed by atoms with Gasteiger partial charge in [0.1, 0.15) is 12.4 Å². The molecule has 2 nitrogen and oxygen atoms in total. The van der Waals surface area contributed by atoms with E-state index < -0.39 is 0 Å². The molecule has 0 saturated heterocycles. The van der Waals surface area contributed by atoms with E-state index in [-0.39, 0.29) is 12.0 Å². The molecule has 0 saturated carbocycles. The fourth-order valence-corrected chi connectivity index (χ4v) is 3.27. The van der Waals surface area contributed by atoms with Crippen LogP contribution in [0.2, 0.25) is 0 Å². The predicted octanol–water partition coefficient (Wildman–Crippen LogP) is 5.69. The van der Waals surface area contributed by atoms with E-state index in [1.165, 1.54) is 16.7 Å². The molecule has 0 heterocycles. The summed E-state index contributed by atoms with van der Waals surface area (Å²) < 4.78 is 6.24. The van der Waals surface area contributed by atoms with Crippen LogP contribution in [0.3, 0.4) is 0 Å². The van der Waals surface area contributed by atoms with Crippen LogP contribution in [0.15, 0.2) is 48.5 Å². The fraction of sp³-hybridized carbons (Fsp3) is 0.478. The second-order valence-corrected chi connectivity index (χ2v) is 8.14. The number of benzene rings is 2. The SMILES string of the molecule is CC(C)[C@@H](CCO)c1ccc(C(C)(C)C)c(OCc2ccccc2)c1. The van der Waals surface area contributed by atoms with Crippen LogP contribution in [0.4, 0.5) is 0 Å². The maximum Gasteiger partial charge on any atom is 0.123 e. The Kier molecular flexibility index (Phi) is 6.66. The van der Waals surface area contributed by atoms with Crippen molar-refractivity contribution in [3.05, 3.63) is 65.2 Å². The molecule has 2 heteroatoms. The molecule has 0 radical (unpaired) electrons. The number of ether oxygens (including phenoxy) is 1. The first-order valence-electron chi connectivity index (χ1n) is 9.25. The van der Waals surface area contributed by atoms with E-state index in [1.807, 2.05) is 18.2 Å². The van der Waals surface area contributed by atoms with Gasteiger partial charge in [-0.1, -0.05) is 77.1 Å². The second-order valence-electron chi connectivity index (χ2n) is 8.14. The van der Waals surface area contributed by atoms with Crippen LogP contribution in [0.1, 0.15) is 63.6 Å². The smallest absolute Gasteiger partial charge is 0.123 e. The van der Waals surface area contributed by atoms with E-state index in [1.54, 1.807) is 0 Å². The summed E-state index contributed by atoms with van der Waals surface area (Å²) in [5, 5.41) is 9.42. The lowest BCUT2D eigenvalue weighted by molar-refractivity contribution is 0.260. The average molecular weight is 341 g/mol. The first-order chi connectivity index (χ1) is 11.8. The summed E-state index contributed by atoms with van der Waals surface area (Å²) in [4.78, 5) is 0. The summed E-state index contributed by atoms with van der Waals surface area (Å²) >= 11 is 0. The zero-order chi connectivity index (χ0) is 18.4. The Labute approximate surface area is 152 Å². The van der Waals surface area contributed by atoms with Gasteiger partial charge in [-0.3, -0.25) is 0 Å². The second kappa shape index (κ2) is 8.53. The van der Waals surface area contributed by atoms with Crippen molar-refractivity contribution < 1.29 is 9.84 Å². The summed E-state index contributed by atoms with van der Waals surface area (Å²) in [5.41, 5.74) is 3.66. The van der Waals surface area contributed by atoms with E-state index in [2.05, 4.69) is 65.0 Å². The average Bonchev–Trinajstić information content (AvgIpc) is 2.57. The number of hydrogen-bond acceptors (Lipinski definition) is 2. The predicted molar refractivity (Wildman–Crippen MR) is 105 cm³/mol. The molecule has 0 spiro atoms. The number of rotatable bonds is 7. The number of aliphatic hydroxyl groups is 1. The minimum atomic E-state index is 0.0227. The van der Waals surface area contributed by atoms with Gasteiger partial charge in [0.25, 0.3) is 0 Å². The first-order valence-corrected chi connectivity index (χ1v) is 9.25. The van der Waals surface area contributed by atoms with E-state index >= 15 is 0 Å². The van der Waals surface area contributed by atoms with Crippen molar-refractivity contribution in [1.29, 1.82) is 0 Å². The third-order valence-electron chi connectivity index (χ3n) is 4.72. The highest BCUT2D eigenvalue weighted by Crippen LogP contribution is 2.37. The Hall–Kier alpha value is -1.80. The molecule has 2 rings (SSSR count). The van der Waals surface area contributed by atoms with E-state index in [0.29, 0.717) is 18.4 Å². The Morgan fingerprint density at radius 1 is 1.00 bits per heavy atom. The van der Waals surface area contributed by atoms with Crippen molar-refractivity contribution in [2.75, 3.05) is 6.61 Å². The Morgan fingerprint density at radius 2 is 1.68 bits per heavy atom. The number of hydrogen-bond donors (Lipinski definition) is 1. The maximum absolute atomic E-state index is 9.42. The van der Waals surface area contributed by atoms with Gasteiger partial charge in [-0.25, -0.2) is 0 Å². The van der Waals surface area contributed by atoms with Crippen LogP contribution < -0.4 is 4.74 Å². The monoisotopic (exact) mass is 340 g/mol. The fourth-order valence-electron chi connectivity index (χ4n) is 3.27. The zero-order valence-electron chi connectivity index (χ0n) is 16.3. The van der Waals surface area contributed by atoms with Crippen LogP contribution in [0.25, 0.3) is 0 Å². The van der Waals surface area contributed by atoms with Gasteiger partial charge in [-0.2, -0.15) is 0 Å². The molecule has 136 valence electrons. The van der Waals surface area contributed by atoms with Crippen molar-refractivity contribution in [2.24, 2.45) is 5.92 Å². The van der Waals surface area contributed by atoms with Crippen molar-refractivity contribution in [3.63, 3.8) is 0 Å². The minimum Gasteiger partial charge on any atom is -0.489 e. The lowest BCUT2D eigenvalue weighted by Crippen LogP contribution is -2.15. The van der Waals surface area contributed by atoms with Gasteiger partial charge < -0.3 is 9.84 Å². The summed E-state index contributed by atoms with van der Waals surface area (Å²) in [6.45, 7) is 11.8. The third-order valence-corrected chi connectivity index (χ3v) is 4.72. The molecular weight excluding hydrogens is 308 g/mol.